The molecule has 0 bridgehead atoms. The summed E-state index contributed by atoms with van der Waals surface area (Å²) in [7, 11) is 0. The van der Waals surface area contributed by atoms with Gasteiger partial charge in [-0.05, 0) is 49.1 Å². The van der Waals surface area contributed by atoms with Crippen LogP contribution in [0.2, 0.25) is 0 Å². The van der Waals surface area contributed by atoms with Gasteiger partial charge in [0.05, 0.1) is 6.26 Å². The van der Waals surface area contributed by atoms with E-state index in [1.807, 2.05) is 32.0 Å². The zero-order chi connectivity index (χ0) is 20.7. The van der Waals surface area contributed by atoms with Gasteiger partial charge >= 0.3 is 0 Å². The molecule has 28 heavy (non-hydrogen) atoms. The number of furan rings is 1. The molecule has 3 amide bonds. The van der Waals surface area contributed by atoms with Crippen molar-refractivity contribution in [2.45, 2.75) is 33.7 Å². The number of ether oxygens (including phenoxy) is 1. The average molecular weight is 387 g/mol. The van der Waals surface area contributed by atoms with Crippen LogP contribution in [0, 0.1) is 19.8 Å². The van der Waals surface area contributed by atoms with E-state index in [1.165, 1.54) is 12.3 Å². The average Bonchev–Trinajstić information content (AvgIpc) is 3.19. The zero-order valence-electron chi connectivity index (χ0n) is 16.4. The van der Waals surface area contributed by atoms with Crippen LogP contribution in [0.3, 0.4) is 0 Å². The number of aryl methyl sites for hydroxylation is 2. The van der Waals surface area contributed by atoms with Crippen LogP contribution in [0.15, 0.2) is 41.0 Å². The van der Waals surface area contributed by atoms with Crippen LogP contribution in [-0.2, 0) is 9.59 Å². The summed E-state index contributed by atoms with van der Waals surface area (Å²) in [6.07, 6.45) is 1.37. The van der Waals surface area contributed by atoms with Crippen LogP contribution in [0.4, 0.5) is 0 Å². The predicted molar refractivity (Wildman–Crippen MR) is 102 cm³/mol. The SMILES string of the molecule is Cc1ccc(C)c(OCC(=O)NNC(=O)C(NC(=O)c2ccco2)C(C)C)c1. The van der Waals surface area contributed by atoms with Crippen molar-refractivity contribution in [3.8, 4) is 5.75 Å². The second-order valence-electron chi connectivity index (χ2n) is 6.77. The molecule has 2 rings (SSSR count). The molecule has 8 nitrogen and oxygen atoms in total. The molecule has 0 saturated carbocycles. The van der Waals surface area contributed by atoms with Gasteiger partial charge in [0, 0.05) is 0 Å². The standard InChI is InChI=1S/C20H25N3O5/c1-12(2)18(21-19(25)15-6-5-9-27-15)20(26)23-22-17(24)11-28-16-10-13(3)7-8-14(16)4/h5-10,12,18H,11H2,1-4H3,(H,21,25)(H,22,24)(H,23,26). The highest BCUT2D eigenvalue weighted by molar-refractivity contribution is 5.96. The van der Waals surface area contributed by atoms with E-state index >= 15 is 0 Å². The largest absolute Gasteiger partial charge is 0.483 e. The van der Waals surface area contributed by atoms with E-state index < -0.39 is 23.8 Å². The van der Waals surface area contributed by atoms with Gasteiger partial charge in [0.15, 0.2) is 12.4 Å². The summed E-state index contributed by atoms with van der Waals surface area (Å²) in [4.78, 5) is 36.4. The summed E-state index contributed by atoms with van der Waals surface area (Å²) in [6.45, 7) is 7.10. The Morgan fingerprint density at radius 2 is 1.86 bits per heavy atom. The molecule has 0 aliphatic carbocycles. The maximum atomic E-state index is 12.4. The highest BCUT2D eigenvalue weighted by atomic mass is 16.5. The lowest BCUT2D eigenvalue weighted by atomic mass is 10.0. The fourth-order valence-electron chi connectivity index (χ4n) is 2.41. The van der Waals surface area contributed by atoms with Crippen molar-refractivity contribution in [3.63, 3.8) is 0 Å². The van der Waals surface area contributed by atoms with Crippen molar-refractivity contribution in [2.75, 3.05) is 6.61 Å². The lowest BCUT2D eigenvalue weighted by Crippen LogP contribution is -2.54. The predicted octanol–water partition coefficient (Wildman–Crippen LogP) is 1.88. The van der Waals surface area contributed by atoms with Crippen molar-refractivity contribution in [1.29, 1.82) is 0 Å². The smallest absolute Gasteiger partial charge is 0.287 e. The Morgan fingerprint density at radius 1 is 1.11 bits per heavy atom. The second kappa shape index (κ2) is 9.59. The minimum absolute atomic E-state index is 0.101. The molecule has 1 unspecified atom stereocenters. The molecule has 0 saturated heterocycles. The molecule has 150 valence electrons. The van der Waals surface area contributed by atoms with Gasteiger partial charge in [0.1, 0.15) is 11.8 Å². The Hall–Kier alpha value is -3.29. The summed E-state index contributed by atoms with van der Waals surface area (Å²) in [5.74, 6) is -1.08. The Bertz CT molecular complexity index is 830. The number of carbonyl (C=O) groups excluding carboxylic acids is 3. The van der Waals surface area contributed by atoms with E-state index in [9.17, 15) is 14.4 Å². The van der Waals surface area contributed by atoms with Crippen LogP contribution >= 0.6 is 0 Å². The second-order valence-corrected chi connectivity index (χ2v) is 6.77. The molecule has 1 aromatic heterocycles. The zero-order valence-corrected chi connectivity index (χ0v) is 16.4. The molecule has 0 spiro atoms. The van der Waals surface area contributed by atoms with Crippen molar-refractivity contribution in [3.05, 3.63) is 53.5 Å². The normalized spacial score (nSPS) is 11.6. The van der Waals surface area contributed by atoms with Gasteiger partial charge in [-0.3, -0.25) is 25.2 Å². The number of nitrogens with one attached hydrogen (secondary N) is 3. The fraction of sp³-hybridized carbons (Fsp3) is 0.350. The monoisotopic (exact) mass is 387 g/mol. The fourth-order valence-corrected chi connectivity index (χ4v) is 2.41. The summed E-state index contributed by atoms with van der Waals surface area (Å²) in [5, 5.41) is 2.59. The molecule has 1 aromatic carbocycles. The molecule has 2 aromatic rings. The van der Waals surface area contributed by atoms with Crippen molar-refractivity contribution >= 4 is 17.7 Å². The summed E-state index contributed by atoms with van der Waals surface area (Å²) >= 11 is 0. The molecule has 0 fully saturated rings. The molecule has 0 radical (unpaired) electrons. The Labute approximate surface area is 163 Å². The van der Waals surface area contributed by atoms with Crippen molar-refractivity contribution < 1.29 is 23.5 Å². The van der Waals surface area contributed by atoms with Crippen LogP contribution in [-0.4, -0.2) is 30.4 Å². The van der Waals surface area contributed by atoms with Crippen LogP contribution in [0.1, 0.15) is 35.5 Å². The van der Waals surface area contributed by atoms with Crippen LogP contribution < -0.4 is 20.9 Å². The van der Waals surface area contributed by atoms with Gasteiger partial charge in [-0.1, -0.05) is 26.0 Å². The third-order valence-corrected chi connectivity index (χ3v) is 4.01. The topological polar surface area (TPSA) is 110 Å². The maximum absolute atomic E-state index is 12.4. The first-order valence-corrected chi connectivity index (χ1v) is 8.91. The number of hydrogen-bond acceptors (Lipinski definition) is 5. The third kappa shape index (κ3) is 5.87. The first-order valence-electron chi connectivity index (χ1n) is 8.91. The Balaban J connectivity index is 1.85. The van der Waals surface area contributed by atoms with Crippen LogP contribution in [0.25, 0.3) is 0 Å². The first kappa shape index (κ1) is 21.0. The van der Waals surface area contributed by atoms with Gasteiger partial charge in [0.25, 0.3) is 17.7 Å². The summed E-state index contributed by atoms with van der Waals surface area (Å²) in [6, 6.07) is 7.91. The van der Waals surface area contributed by atoms with Gasteiger partial charge in [-0.15, -0.1) is 0 Å². The lowest BCUT2D eigenvalue weighted by Gasteiger charge is -2.21. The number of carbonyl (C=O) groups is 3. The van der Waals surface area contributed by atoms with Gasteiger partial charge in [-0.2, -0.15) is 0 Å². The molecular formula is C20H25N3O5. The van der Waals surface area contributed by atoms with Gasteiger partial charge in [-0.25, -0.2) is 0 Å². The summed E-state index contributed by atoms with van der Waals surface area (Å²) in [5.41, 5.74) is 6.53. The van der Waals surface area contributed by atoms with E-state index in [1.54, 1.807) is 19.9 Å². The lowest BCUT2D eigenvalue weighted by molar-refractivity contribution is -0.131. The number of amides is 3. The van der Waals surface area contributed by atoms with Crippen molar-refractivity contribution in [1.82, 2.24) is 16.2 Å². The molecular weight excluding hydrogens is 362 g/mol. The first-order chi connectivity index (χ1) is 13.3. The number of hydrogen-bond donors (Lipinski definition) is 3. The highest BCUT2D eigenvalue weighted by Gasteiger charge is 2.26. The molecule has 8 heteroatoms. The quantitative estimate of drug-likeness (QED) is 0.629. The highest BCUT2D eigenvalue weighted by Crippen LogP contribution is 2.18. The van der Waals surface area contributed by atoms with Gasteiger partial charge in [0.2, 0.25) is 0 Å². The number of benzene rings is 1. The molecule has 1 atom stereocenters. The van der Waals surface area contributed by atoms with E-state index in [-0.39, 0.29) is 18.3 Å². The number of rotatable bonds is 7. The Morgan fingerprint density at radius 3 is 2.50 bits per heavy atom. The molecule has 0 aliphatic rings. The minimum atomic E-state index is -0.849. The molecule has 1 heterocycles. The minimum Gasteiger partial charge on any atom is -0.483 e. The van der Waals surface area contributed by atoms with E-state index in [2.05, 4.69) is 16.2 Å². The van der Waals surface area contributed by atoms with E-state index in [4.69, 9.17) is 9.15 Å². The molecule has 3 N–H and O–H groups in total. The van der Waals surface area contributed by atoms with E-state index in [0.717, 1.165) is 11.1 Å². The third-order valence-electron chi connectivity index (χ3n) is 4.01. The molecule has 0 aliphatic heterocycles. The van der Waals surface area contributed by atoms with E-state index in [0.29, 0.717) is 5.75 Å². The Kier molecular flexibility index (Phi) is 7.20. The summed E-state index contributed by atoms with van der Waals surface area (Å²) < 4.78 is 10.5. The van der Waals surface area contributed by atoms with Crippen molar-refractivity contribution in [2.24, 2.45) is 5.92 Å². The maximum Gasteiger partial charge on any atom is 0.287 e. The van der Waals surface area contributed by atoms with Gasteiger partial charge < -0.3 is 14.5 Å². The van der Waals surface area contributed by atoms with Crippen LogP contribution in [0.5, 0.6) is 5.75 Å². The number of hydrazine groups is 1.